The predicted octanol–water partition coefficient (Wildman–Crippen LogP) is 6.14. The standard InChI is InChI=1S/C29H54O8/c1-2-3-4-5-6-7-8-9-10-11-12-13-15-18-21-27(32)36-25-29(34,24-30)37-28(33)22-19-16-14-17-20-23-35-26-31/h26,30,34H,2-25H2,1H3. The van der Waals surface area contributed by atoms with E-state index in [-0.39, 0.29) is 12.8 Å². The molecule has 0 spiro atoms. The molecule has 0 amide bonds. The third kappa shape index (κ3) is 24.4. The van der Waals surface area contributed by atoms with E-state index >= 15 is 0 Å². The molecular formula is C29H54O8. The molecule has 1 unspecified atom stereocenters. The van der Waals surface area contributed by atoms with Crippen LogP contribution in [0.4, 0.5) is 0 Å². The van der Waals surface area contributed by atoms with Crippen LogP contribution in [0.5, 0.6) is 0 Å². The summed E-state index contributed by atoms with van der Waals surface area (Å²) in [4.78, 5) is 34.0. The number of hydrogen-bond donors (Lipinski definition) is 2. The molecule has 0 aromatic rings. The molecule has 0 aromatic carbocycles. The zero-order valence-electron chi connectivity index (χ0n) is 23.4. The Morgan fingerprint density at radius 3 is 1.57 bits per heavy atom. The summed E-state index contributed by atoms with van der Waals surface area (Å²) in [5, 5.41) is 19.7. The molecule has 0 radical (unpaired) electrons. The van der Waals surface area contributed by atoms with E-state index in [9.17, 15) is 24.6 Å². The second-order valence-corrected chi connectivity index (χ2v) is 10.1. The topological polar surface area (TPSA) is 119 Å². The van der Waals surface area contributed by atoms with Crippen molar-refractivity contribution in [1.29, 1.82) is 0 Å². The molecule has 8 nitrogen and oxygen atoms in total. The first-order chi connectivity index (χ1) is 18.0. The van der Waals surface area contributed by atoms with E-state index in [1.54, 1.807) is 0 Å². The highest BCUT2D eigenvalue weighted by Crippen LogP contribution is 2.15. The zero-order chi connectivity index (χ0) is 27.5. The summed E-state index contributed by atoms with van der Waals surface area (Å²) in [6.45, 7) is 1.64. The van der Waals surface area contributed by atoms with Gasteiger partial charge in [-0.3, -0.25) is 14.4 Å². The van der Waals surface area contributed by atoms with E-state index in [1.807, 2.05) is 0 Å². The maximum Gasteiger partial charge on any atom is 0.308 e. The van der Waals surface area contributed by atoms with Crippen molar-refractivity contribution >= 4 is 18.4 Å². The molecule has 0 rings (SSSR count). The van der Waals surface area contributed by atoms with Gasteiger partial charge in [0, 0.05) is 12.8 Å². The van der Waals surface area contributed by atoms with Crippen LogP contribution >= 0.6 is 0 Å². The quantitative estimate of drug-likeness (QED) is 0.0407. The van der Waals surface area contributed by atoms with Gasteiger partial charge in [-0.25, -0.2) is 0 Å². The number of carbonyl (C=O) groups is 3. The van der Waals surface area contributed by atoms with E-state index in [0.29, 0.717) is 19.5 Å². The van der Waals surface area contributed by atoms with Gasteiger partial charge < -0.3 is 24.4 Å². The van der Waals surface area contributed by atoms with Crippen molar-refractivity contribution < 1.29 is 38.8 Å². The van der Waals surface area contributed by atoms with E-state index in [4.69, 9.17) is 9.47 Å². The van der Waals surface area contributed by atoms with Crippen molar-refractivity contribution in [3.63, 3.8) is 0 Å². The maximum absolute atomic E-state index is 12.0. The number of carbonyl (C=O) groups excluding carboxylic acids is 3. The molecule has 0 fully saturated rings. The van der Waals surface area contributed by atoms with E-state index in [0.717, 1.165) is 44.9 Å². The molecule has 0 aliphatic heterocycles. The highest BCUT2D eigenvalue weighted by atomic mass is 16.7. The smallest absolute Gasteiger partial charge is 0.308 e. The van der Waals surface area contributed by atoms with Gasteiger partial charge in [-0.05, 0) is 19.3 Å². The molecule has 37 heavy (non-hydrogen) atoms. The monoisotopic (exact) mass is 530 g/mol. The predicted molar refractivity (Wildman–Crippen MR) is 144 cm³/mol. The highest BCUT2D eigenvalue weighted by molar-refractivity contribution is 5.70. The Morgan fingerprint density at radius 1 is 0.676 bits per heavy atom. The van der Waals surface area contributed by atoms with Crippen LogP contribution in [0.3, 0.4) is 0 Å². The molecule has 0 heterocycles. The second-order valence-electron chi connectivity index (χ2n) is 10.1. The van der Waals surface area contributed by atoms with Crippen molar-refractivity contribution in [2.45, 2.75) is 148 Å². The molecule has 1 atom stereocenters. The number of unbranched alkanes of at least 4 members (excludes halogenated alkanes) is 17. The van der Waals surface area contributed by atoms with Gasteiger partial charge in [-0.1, -0.05) is 110 Å². The highest BCUT2D eigenvalue weighted by Gasteiger charge is 2.32. The lowest BCUT2D eigenvalue weighted by Crippen LogP contribution is -2.44. The number of aliphatic hydroxyl groups is 2. The van der Waals surface area contributed by atoms with Gasteiger partial charge in [0.25, 0.3) is 12.3 Å². The SMILES string of the molecule is CCCCCCCCCCCCCCCCC(=O)OCC(O)(CO)OC(=O)CCCCCCCOC=O. The minimum absolute atomic E-state index is 0.0974. The molecule has 0 aliphatic rings. The summed E-state index contributed by atoms with van der Waals surface area (Å²) in [6, 6.07) is 0. The van der Waals surface area contributed by atoms with Crippen LogP contribution in [0.25, 0.3) is 0 Å². The summed E-state index contributed by atoms with van der Waals surface area (Å²) >= 11 is 0. The van der Waals surface area contributed by atoms with Crippen molar-refractivity contribution in [3.05, 3.63) is 0 Å². The number of rotatable bonds is 28. The third-order valence-corrected chi connectivity index (χ3v) is 6.46. The summed E-state index contributed by atoms with van der Waals surface area (Å²) in [7, 11) is 0. The Kier molecular flexibility index (Phi) is 24.8. The van der Waals surface area contributed by atoms with Gasteiger partial charge in [0.05, 0.1) is 6.61 Å². The third-order valence-electron chi connectivity index (χ3n) is 6.46. The summed E-state index contributed by atoms with van der Waals surface area (Å²) in [5.74, 6) is -3.33. The van der Waals surface area contributed by atoms with Crippen molar-refractivity contribution in [2.24, 2.45) is 0 Å². The summed E-state index contributed by atoms with van der Waals surface area (Å²) in [5.41, 5.74) is 0. The average Bonchev–Trinajstić information content (AvgIpc) is 2.89. The van der Waals surface area contributed by atoms with Crippen LogP contribution in [0.1, 0.15) is 142 Å². The molecule has 0 aliphatic carbocycles. The van der Waals surface area contributed by atoms with E-state index in [1.165, 1.54) is 70.6 Å². The van der Waals surface area contributed by atoms with Crippen molar-refractivity contribution in [1.82, 2.24) is 0 Å². The number of ether oxygens (including phenoxy) is 3. The second kappa shape index (κ2) is 26.0. The molecule has 0 saturated heterocycles. The lowest BCUT2D eigenvalue weighted by atomic mass is 10.0. The minimum atomic E-state index is -2.21. The van der Waals surface area contributed by atoms with Gasteiger partial charge in [0.15, 0.2) is 6.61 Å². The lowest BCUT2D eigenvalue weighted by Gasteiger charge is -2.25. The fourth-order valence-corrected chi connectivity index (χ4v) is 4.13. The molecule has 0 aromatic heterocycles. The fraction of sp³-hybridized carbons (Fsp3) is 0.897. The zero-order valence-corrected chi connectivity index (χ0v) is 23.4. The van der Waals surface area contributed by atoms with E-state index < -0.39 is 30.9 Å². The van der Waals surface area contributed by atoms with Gasteiger partial charge in [-0.15, -0.1) is 0 Å². The van der Waals surface area contributed by atoms with Gasteiger partial charge in [-0.2, -0.15) is 0 Å². The molecule has 0 saturated carbocycles. The van der Waals surface area contributed by atoms with Crippen molar-refractivity contribution in [2.75, 3.05) is 19.8 Å². The van der Waals surface area contributed by atoms with Crippen LogP contribution in [0, 0.1) is 0 Å². The average molecular weight is 531 g/mol. The van der Waals surface area contributed by atoms with Gasteiger partial charge >= 0.3 is 11.9 Å². The first-order valence-electron chi connectivity index (χ1n) is 14.7. The normalized spacial score (nSPS) is 12.6. The lowest BCUT2D eigenvalue weighted by molar-refractivity contribution is -0.241. The Balaban J connectivity index is 3.69. The number of hydrogen-bond acceptors (Lipinski definition) is 8. The molecule has 218 valence electrons. The summed E-state index contributed by atoms with van der Waals surface area (Å²) in [6.07, 6.45) is 21.5. The Labute approximate surface area is 224 Å². The first-order valence-corrected chi connectivity index (χ1v) is 14.7. The van der Waals surface area contributed by atoms with Crippen LogP contribution in [0.15, 0.2) is 0 Å². The molecule has 8 heteroatoms. The van der Waals surface area contributed by atoms with Crippen LogP contribution < -0.4 is 0 Å². The fourth-order valence-electron chi connectivity index (χ4n) is 4.13. The first kappa shape index (κ1) is 35.3. The number of esters is 2. The van der Waals surface area contributed by atoms with Gasteiger partial charge in [0.2, 0.25) is 0 Å². The Hall–Kier alpha value is -1.67. The van der Waals surface area contributed by atoms with Crippen LogP contribution in [0.2, 0.25) is 0 Å². The Morgan fingerprint density at radius 2 is 1.11 bits per heavy atom. The largest absolute Gasteiger partial charge is 0.468 e. The molecule has 2 N–H and O–H groups in total. The van der Waals surface area contributed by atoms with E-state index in [2.05, 4.69) is 11.7 Å². The molecule has 0 bridgehead atoms. The maximum atomic E-state index is 12.0. The summed E-state index contributed by atoms with van der Waals surface area (Å²) < 4.78 is 14.6. The van der Waals surface area contributed by atoms with Crippen LogP contribution in [-0.4, -0.2) is 54.2 Å². The number of aliphatic hydroxyl groups excluding tert-OH is 1. The van der Waals surface area contributed by atoms with Crippen LogP contribution in [-0.2, 0) is 28.6 Å². The van der Waals surface area contributed by atoms with Crippen molar-refractivity contribution in [3.8, 4) is 0 Å². The van der Waals surface area contributed by atoms with Gasteiger partial charge in [0.1, 0.15) is 6.61 Å². The molecular weight excluding hydrogens is 476 g/mol. The Bertz CT molecular complexity index is 554. The minimum Gasteiger partial charge on any atom is -0.468 e.